The molecule has 0 aliphatic rings. The summed E-state index contributed by atoms with van der Waals surface area (Å²) in [5.41, 5.74) is 0. The zero-order chi connectivity index (χ0) is 10.8. The summed E-state index contributed by atoms with van der Waals surface area (Å²) in [5.74, 6) is 0.151. The molecule has 4 heteroatoms. The van der Waals surface area contributed by atoms with Crippen LogP contribution in [0.1, 0.15) is 40.0 Å². The SMILES string of the molecule is CCCOB(OCCC)C(C)CC#N. The highest BCUT2D eigenvalue weighted by Crippen LogP contribution is 2.16. The summed E-state index contributed by atoms with van der Waals surface area (Å²) in [6.45, 7) is 7.51. The third kappa shape index (κ3) is 6.01. The molecule has 0 N–H and O–H groups in total. The van der Waals surface area contributed by atoms with Gasteiger partial charge < -0.3 is 9.31 Å². The Balaban J connectivity index is 3.88. The van der Waals surface area contributed by atoms with E-state index >= 15 is 0 Å². The van der Waals surface area contributed by atoms with Crippen LogP contribution in [-0.4, -0.2) is 20.3 Å². The van der Waals surface area contributed by atoms with Crippen LogP contribution in [0, 0.1) is 11.3 Å². The normalized spacial score (nSPS) is 12.1. The number of nitriles is 1. The van der Waals surface area contributed by atoms with Gasteiger partial charge in [0.05, 0.1) is 6.07 Å². The van der Waals surface area contributed by atoms with Crippen LogP contribution in [0.15, 0.2) is 0 Å². The van der Waals surface area contributed by atoms with E-state index in [1.54, 1.807) is 0 Å². The van der Waals surface area contributed by atoms with Gasteiger partial charge in [0, 0.05) is 25.5 Å². The molecule has 14 heavy (non-hydrogen) atoms. The lowest BCUT2D eigenvalue weighted by Crippen LogP contribution is -2.28. The van der Waals surface area contributed by atoms with Gasteiger partial charge in [-0.05, 0) is 12.8 Å². The van der Waals surface area contributed by atoms with Crippen molar-refractivity contribution in [3.63, 3.8) is 0 Å². The molecule has 3 nitrogen and oxygen atoms in total. The summed E-state index contributed by atoms with van der Waals surface area (Å²) < 4.78 is 11.1. The average Bonchev–Trinajstić information content (AvgIpc) is 2.18. The molecule has 0 bridgehead atoms. The van der Waals surface area contributed by atoms with E-state index in [2.05, 4.69) is 19.9 Å². The Morgan fingerprint density at radius 3 is 2.07 bits per heavy atom. The average molecular weight is 197 g/mol. The van der Waals surface area contributed by atoms with Crippen molar-refractivity contribution in [3.8, 4) is 6.07 Å². The van der Waals surface area contributed by atoms with E-state index in [1.165, 1.54) is 0 Å². The van der Waals surface area contributed by atoms with Crippen LogP contribution in [0.4, 0.5) is 0 Å². The predicted octanol–water partition coefficient (Wildman–Crippen LogP) is 2.63. The summed E-state index contributed by atoms with van der Waals surface area (Å²) in [7, 11) is -0.213. The Morgan fingerprint density at radius 2 is 1.71 bits per heavy atom. The zero-order valence-corrected chi connectivity index (χ0v) is 9.45. The second kappa shape index (κ2) is 9.05. The predicted molar refractivity (Wildman–Crippen MR) is 57.9 cm³/mol. The minimum atomic E-state index is -0.213. The van der Waals surface area contributed by atoms with E-state index in [-0.39, 0.29) is 12.9 Å². The highest BCUT2D eigenvalue weighted by atomic mass is 16.6. The molecule has 0 aliphatic carbocycles. The van der Waals surface area contributed by atoms with Crippen LogP contribution >= 0.6 is 0 Å². The Labute approximate surface area is 87.5 Å². The van der Waals surface area contributed by atoms with Crippen molar-refractivity contribution in [2.75, 3.05) is 13.2 Å². The largest absolute Gasteiger partial charge is 0.460 e. The molecular formula is C10H20BNO2. The smallest absolute Gasteiger partial charge is 0.411 e. The maximum Gasteiger partial charge on any atom is 0.460 e. The maximum absolute atomic E-state index is 8.58. The Kier molecular flexibility index (Phi) is 8.71. The Hall–Kier alpha value is -0.525. The van der Waals surface area contributed by atoms with Crippen LogP contribution in [0.2, 0.25) is 5.82 Å². The summed E-state index contributed by atoms with van der Waals surface area (Å²) in [4.78, 5) is 0. The topological polar surface area (TPSA) is 42.2 Å². The fourth-order valence-electron chi connectivity index (χ4n) is 1.08. The molecule has 1 atom stereocenters. The standard InChI is InChI=1S/C10H20BNO2/c1-4-8-13-11(14-9-5-2)10(3)6-7-12/h10H,4-6,8-9H2,1-3H3. The van der Waals surface area contributed by atoms with Gasteiger partial charge in [-0.25, -0.2) is 0 Å². The molecule has 0 aromatic carbocycles. The van der Waals surface area contributed by atoms with E-state index in [1.807, 2.05) is 6.92 Å². The zero-order valence-electron chi connectivity index (χ0n) is 9.45. The molecule has 0 amide bonds. The second-order valence-corrected chi connectivity index (χ2v) is 3.45. The Morgan fingerprint density at radius 1 is 1.21 bits per heavy atom. The van der Waals surface area contributed by atoms with Crippen LogP contribution in [0.25, 0.3) is 0 Å². The molecule has 0 rings (SSSR count). The summed E-state index contributed by atoms with van der Waals surface area (Å²) in [6.07, 6.45) is 2.44. The van der Waals surface area contributed by atoms with E-state index in [0.29, 0.717) is 19.6 Å². The van der Waals surface area contributed by atoms with Crippen molar-refractivity contribution in [1.82, 2.24) is 0 Å². The van der Waals surface area contributed by atoms with Crippen molar-refractivity contribution in [3.05, 3.63) is 0 Å². The number of hydrogen-bond acceptors (Lipinski definition) is 3. The quantitative estimate of drug-likeness (QED) is 0.561. The lowest BCUT2D eigenvalue weighted by Gasteiger charge is -2.17. The summed E-state index contributed by atoms with van der Waals surface area (Å²) in [5, 5.41) is 8.58. The molecule has 0 heterocycles. The molecule has 0 saturated heterocycles. The highest BCUT2D eigenvalue weighted by molar-refractivity contribution is 6.46. The van der Waals surface area contributed by atoms with Gasteiger partial charge in [0.15, 0.2) is 0 Å². The monoisotopic (exact) mass is 197 g/mol. The lowest BCUT2D eigenvalue weighted by atomic mass is 9.71. The van der Waals surface area contributed by atoms with Gasteiger partial charge >= 0.3 is 7.12 Å². The van der Waals surface area contributed by atoms with Gasteiger partial charge in [0.2, 0.25) is 0 Å². The van der Waals surface area contributed by atoms with E-state index in [0.717, 1.165) is 12.8 Å². The number of rotatable bonds is 8. The summed E-state index contributed by atoms with van der Waals surface area (Å²) >= 11 is 0. The molecule has 0 radical (unpaired) electrons. The molecule has 0 aliphatic heterocycles. The highest BCUT2D eigenvalue weighted by Gasteiger charge is 2.25. The third-order valence-corrected chi connectivity index (χ3v) is 1.85. The molecule has 0 fully saturated rings. The van der Waals surface area contributed by atoms with Crippen molar-refractivity contribution in [2.45, 2.75) is 45.9 Å². The molecular weight excluding hydrogens is 177 g/mol. The number of hydrogen-bond donors (Lipinski definition) is 0. The van der Waals surface area contributed by atoms with E-state index in [9.17, 15) is 0 Å². The second-order valence-electron chi connectivity index (χ2n) is 3.45. The minimum Gasteiger partial charge on any atom is -0.411 e. The van der Waals surface area contributed by atoms with Gasteiger partial charge in [-0.2, -0.15) is 5.26 Å². The molecule has 80 valence electrons. The van der Waals surface area contributed by atoms with Gasteiger partial charge in [-0.15, -0.1) is 0 Å². The Bertz CT molecular complexity index is 162. The van der Waals surface area contributed by atoms with E-state index < -0.39 is 0 Å². The first-order chi connectivity index (χ1) is 6.76. The van der Waals surface area contributed by atoms with Gasteiger partial charge in [0.25, 0.3) is 0 Å². The lowest BCUT2D eigenvalue weighted by molar-refractivity contribution is 0.189. The molecule has 0 spiro atoms. The van der Waals surface area contributed by atoms with Crippen molar-refractivity contribution >= 4 is 7.12 Å². The fourth-order valence-corrected chi connectivity index (χ4v) is 1.08. The molecule has 0 aromatic rings. The van der Waals surface area contributed by atoms with Crippen LogP contribution in [0.3, 0.4) is 0 Å². The fraction of sp³-hybridized carbons (Fsp3) is 0.900. The van der Waals surface area contributed by atoms with Crippen molar-refractivity contribution in [2.24, 2.45) is 0 Å². The molecule has 0 saturated carbocycles. The molecule has 0 aromatic heterocycles. The van der Waals surface area contributed by atoms with E-state index in [4.69, 9.17) is 14.6 Å². The number of nitrogens with zero attached hydrogens (tertiary/aromatic N) is 1. The first kappa shape index (κ1) is 13.5. The third-order valence-electron chi connectivity index (χ3n) is 1.85. The van der Waals surface area contributed by atoms with Crippen molar-refractivity contribution in [1.29, 1.82) is 5.26 Å². The van der Waals surface area contributed by atoms with Crippen molar-refractivity contribution < 1.29 is 9.31 Å². The minimum absolute atomic E-state index is 0.151. The maximum atomic E-state index is 8.58. The van der Waals surface area contributed by atoms with Gasteiger partial charge in [-0.3, -0.25) is 0 Å². The van der Waals surface area contributed by atoms with Gasteiger partial charge in [-0.1, -0.05) is 20.8 Å². The molecule has 1 unspecified atom stereocenters. The van der Waals surface area contributed by atoms with Gasteiger partial charge in [0.1, 0.15) is 0 Å². The summed E-state index contributed by atoms with van der Waals surface area (Å²) in [6, 6.07) is 2.14. The van der Waals surface area contributed by atoms with Crippen LogP contribution in [0.5, 0.6) is 0 Å². The first-order valence-corrected chi connectivity index (χ1v) is 5.36. The van der Waals surface area contributed by atoms with Crippen LogP contribution < -0.4 is 0 Å². The van der Waals surface area contributed by atoms with Crippen LogP contribution in [-0.2, 0) is 9.31 Å². The first-order valence-electron chi connectivity index (χ1n) is 5.36.